The van der Waals surface area contributed by atoms with Gasteiger partial charge in [-0.15, -0.1) is 0 Å². The summed E-state index contributed by atoms with van der Waals surface area (Å²) in [6, 6.07) is 24.1. The number of hydrogen-bond donors (Lipinski definition) is 3. The van der Waals surface area contributed by atoms with Gasteiger partial charge in [-0.1, -0.05) is 66.2 Å². The van der Waals surface area contributed by atoms with Crippen LogP contribution in [0.5, 0.6) is 0 Å². The highest BCUT2D eigenvalue weighted by molar-refractivity contribution is 6.33. The zero-order valence-electron chi connectivity index (χ0n) is 15.8. The molecule has 148 valence electrons. The molecule has 3 N–H and O–H groups in total. The van der Waals surface area contributed by atoms with Gasteiger partial charge in [0.15, 0.2) is 0 Å². The Morgan fingerprint density at radius 3 is 2.21 bits per heavy atom. The first kappa shape index (κ1) is 20.4. The van der Waals surface area contributed by atoms with Gasteiger partial charge in [-0.25, -0.2) is 0 Å². The summed E-state index contributed by atoms with van der Waals surface area (Å²) in [4.78, 5) is 24.8. The average molecular weight is 408 g/mol. The number of anilines is 2. The van der Waals surface area contributed by atoms with Crippen LogP contribution in [0.25, 0.3) is 0 Å². The van der Waals surface area contributed by atoms with Gasteiger partial charge in [0, 0.05) is 12.2 Å². The molecule has 0 atom stereocenters. The zero-order chi connectivity index (χ0) is 20.5. The standard InChI is InChI=1S/C23H22ClN3O2/c24-19-11-5-7-13-21(19)27-22(28)16-26-20-12-6-4-10-18(20)23(29)25-15-14-17-8-2-1-3-9-17/h1-13,26H,14-16H2,(H,25,29)(H,27,28). The minimum absolute atomic E-state index is 0.0134. The largest absolute Gasteiger partial charge is 0.376 e. The molecule has 0 fully saturated rings. The quantitative estimate of drug-likeness (QED) is 0.519. The third-order valence-electron chi connectivity index (χ3n) is 4.30. The molecule has 29 heavy (non-hydrogen) atoms. The minimum atomic E-state index is -0.252. The van der Waals surface area contributed by atoms with Crippen LogP contribution in [0.1, 0.15) is 15.9 Å². The Hall–Kier alpha value is -3.31. The van der Waals surface area contributed by atoms with Gasteiger partial charge < -0.3 is 16.0 Å². The fourth-order valence-electron chi connectivity index (χ4n) is 2.83. The topological polar surface area (TPSA) is 70.2 Å². The highest BCUT2D eigenvalue weighted by Gasteiger charge is 2.12. The van der Waals surface area contributed by atoms with Crippen molar-refractivity contribution in [1.29, 1.82) is 0 Å². The van der Waals surface area contributed by atoms with Crippen LogP contribution < -0.4 is 16.0 Å². The van der Waals surface area contributed by atoms with Crippen molar-refractivity contribution in [1.82, 2.24) is 5.32 Å². The average Bonchev–Trinajstić information content (AvgIpc) is 2.75. The summed E-state index contributed by atoms with van der Waals surface area (Å²) in [7, 11) is 0. The Bertz CT molecular complexity index is 977. The van der Waals surface area contributed by atoms with Crippen molar-refractivity contribution in [3.8, 4) is 0 Å². The lowest BCUT2D eigenvalue weighted by atomic mass is 10.1. The van der Waals surface area contributed by atoms with Crippen molar-refractivity contribution in [3.63, 3.8) is 0 Å². The van der Waals surface area contributed by atoms with Crippen LogP contribution in [0.15, 0.2) is 78.9 Å². The number of amides is 2. The van der Waals surface area contributed by atoms with E-state index in [0.29, 0.717) is 28.5 Å². The van der Waals surface area contributed by atoms with Crippen molar-refractivity contribution >= 4 is 34.8 Å². The Labute approximate surface area is 175 Å². The molecule has 0 aliphatic carbocycles. The second kappa shape index (κ2) is 10.3. The summed E-state index contributed by atoms with van der Waals surface area (Å²) in [5, 5.41) is 9.17. The predicted molar refractivity (Wildman–Crippen MR) is 117 cm³/mol. The maximum atomic E-state index is 12.6. The van der Waals surface area contributed by atoms with E-state index in [1.807, 2.05) is 36.4 Å². The third kappa shape index (κ3) is 6.09. The van der Waals surface area contributed by atoms with Crippen LogP contribution in [0.2, 0.25) is 5.02 Å². The zero-order valence-corrected chi connectivity index (χ0v) is 16.6. The van der Waals surface area contributed by atoms with Gasteiger partial charge in [-0.2, -0.15) is 0 Å². The molecule has 0 spiro atoms. The Kier molecular flexibility index (Phi) is 7.25. The monoisotopic (exact) mass is 407 g/mol. The lowest BCUT2D eigenvalue weighted by Gasteiger charge is -2.13. The Balaban J connectivity index is 1.54. The number of nitrogens with one attached hydrogen (secondary N) is 3. The predicted octanol–water partition coefficient (Wildman–Crippen LogP) is 4.36. The van der Waals surface area contributed by atoms with E-state index < -0.39 is 0 Å². The molecule has 0 heterocycles. The van der Waals surface area contributed by atoms with Crippen LogP contribution in [0, 0.1) is 0 Å². The molecule has 0 saturated heterocycles. The number of halogens is 1. The first-order valence-corrected chi connectivity index (χ1v) is 9.70. The molecule has 0 aromatic heterocycles. The van der Waals surface area contributed by atoms with Crippen molar-refractivity contribution in [2.45, 2.75) is 6.42 Å². The number of para-hydroxylation sites is 2. The first-order chi connectivity index (χ1) is 14.1. The second-order valence-corrected chi connectivity index (χ2v) is 6.83. The molecule has 0 bridgehead atoms. The second-order valence-electron chi connectivity index (χ2n) is 6.42. The number of carbonyl (C=O) groups is 2. The van der Waals surface area contributed by atoms with E-state index in [1.165, 1.54) is 0 Å². The van der Waals surface area contributed by atoms with Crippen molar-refractivity contribution in [3.05, 3.63) is 95.0 Å². The number of hydrogen-bond acceptors (Lipinski definition) is 3. The van der Waals surface area contributed by atoms with Gasteiger partial charge >= 0.3 is 0 Å². The number of carbonyl (C=O) groups excluding carboxylic acids is 2. The van der Waals surface area contributed by atoms with E-state index in [0.717, 1.165) is 12.0 Å². The Morgan fingerprint density at radius 2 is 1.45 bits per heavy atom. The summed E-state index contributed by atoms with van der Waals surface area (Å²) < 4.78 is 0. The van der Waals surface area contributed by atoms with E-state index in [2.05, 4.69) is 16.0 Å². The number of rotatable bonds is 8. The summed E-state index contributed by atoms with van der Waals surface area (Å²) in [6.45, 7) is 0.545. The van der Waals surface area contributed by atoms with Crippen LogP contribution in [-0.2, 0) is 11.2 Å². The van der Waals surface area contributed by atoms with Gasteiger partial charge in [0.2, 0.25) is 5.91 Å². The minimum Gasteiger partial charge on any atom is -0.376 e. The van der Waals surface area contributed by atoms with Crippen molar-refractivity contribution in [2.24, 2.45) is 0 Å². The van der Waals surface area contributed by atoms with Crippen molar-refractivity contribution in [2.75, 3.05) is 23.7 Å². The fourth-order valence-corrected chi connectivity index (χ4v) is 3.01. The molecule has 0 aliphatic rings. The fraction of sp³-hybridized carbons (Fsp3) is 0.130. The molecular formula is C23H22ClN3O2. The van der Waals surface area contributed by atoms with Gasteiger partial charge in [0.05, 0.1) is 22.8 Å². The van der Waals surface area contributed by atoms with Crippen LogP contribution >= 0.6 is 11.6 Å². The SMILES string of the molecule is O=C(CNc1ccccc1C(=O)NCCc1ccccc1)Nc1ccccc1Cl. The normalized spacial score (nSPS) is 10.2. The van der Waals surface area contributed by atoms with Crippen LogP contribution in [0.3, 0.4) is 0 Å². The van der Waals surface area contributed by atoms with E-state index in [-0.39, 0.29) is 18.4 Å². The summed E-state index contributed by atoms with van der Waals surface area (Å²) in [6.07, 6.45) is 0.752. The molecule has 3 aromatic rings. The van der Waals surface area contributed by atoms with Crippen molar-refractivity contribution < 1.29 is 9.59 Å². The van der Waals surface area contributed by atoms with E-state index in [9.17, 15) is 9.59 Å². The molecule has 6 heteroatoms. The summed E-state index contributed by atoms with van der Waals surface area (Å²) in [5.74, 6) is -0.437. The molecule has 5 nitrogen and oxygen atoms in total. The molecule has 0 unspecified atom stereocenters. The lowest BCUT2D eigenvalue weighted by Crippen LogP contribution is -2.28. The lowest BCUT2D eigenvalue weighted by molar-refractivity contribution is -0.114. The first-order valence-electron chi connectivity index (χ1n) is 9.33. The third-order valence-corrected chi connectivity index (χ3v) is 4.63. The molecule has 3 aromatic carbocycles. The smallest absolute Gasteiger partial charge is 0.253 e. The maximum absolute atomic E-state index is 12.6. The molecule has 0 aliphatic heterocycles. The summed E-state index contributed by atoms with van der Waals surface area (Å²) >= 11 is 6.06. The molecule has 0 saturated carbocycles. The summed E-state index contributed by atoms with van der Waals surface area (Å²) in [5.41, 5.74) is 2.80. The molecular weight excluding hydrogens is 386 g/mol. The van der Waals surface area contributed by atoms with E-state index >= 15 is 0 Å². The molecule has 0 radical (unpaired) electrons. The number of benzene rings is 3. The maximum Gasteiger partial charge on any atom is 0.253 e. The van der Waals surface area contributed by atoms with E-state index in [4.69, 9.17) is 11.6 Å². The van der Waals surface area contributed by atoms with Gasteiger partial charge in [0.1, 0.15) is 0 Å². The highest BCUT2D eigenvalue weighted by Crippen LogP contribution is 2.20. The molecule has 2 amide bonds. The molecule has 3 rings (SSSR count). The van der Waals surface area contributed by atoms with E-state index in [1.54, 1.807) is 42.5 Å². The Morgan fingerprint density at radius 1 is 0.793 bits per heavy atom. The highest BCUT2D eigenvalue weighted by atomic mass is 35.5. The van der Waals surface area contributed by atoms with Gasteiger partial charge in [-0.05, 0) is 36.2 Å². The van der Waals surface area contributed by atoms with Crippen LogP contribution in [-0.4, -0.2) is 24.9 Å². The van der Waals surface area contributed by atoms with Crippen LogP contribution in [0.4, 0.5) is 11.4 Å². The van der Waals surface area contributed by atoms with Gasteiger partial charge in [0.25, 0.3) is 5.91 Å². The van der Waals surface area contributed by atoms with Gasteiger partial charge in [-0.3, -0.25) is 9.59 Å².